The van der Waals surface area contributed by atoms with E-state index in [2.05, 4.69) is 24.3 Å². The summed E-state index contributed by atoms with van der Waals surface area (Å²) in [6.07, 6.45) is 8.09. The molecule has 152 valence electrons. The van der Waals surface area contributed by atoms with Crippen LogP contribution in [0, 0.1) is 11.3 Å². The summed E-state index contributed by atoms with van der Waals surface area (Å²) in [5.41, 5.74) is 6.46. The number of thioether (sulfide) groups is 1. The summed E-state index contributed by atoms with van der Waals surface area (Å²) in [5.74, 6) is 0.119. The number of rotatable bonds is 4. The number of carbonyl (C=O) groups excluding carboxylic acids is 1. The normalized spacial score (nSPS) is 16.1. The first-order valence-electron chi connectivity index (χ1n) is 11.0. The van der Waals surface area contributed by atoms with Crippen LogP contribution in [0.15, 0.2) is 35.4 Å². The lowest BCUT2D eigenvalue weighted by atomic mass is 9.95. The minimum atomic E-state index is -0.258. The van der Waals surface area contributed by atoms with E-state index in [1.54, 1.807) is 0 Å². The number of hydrogen-bond acceptors (Lipinski definition) is 4. The fraction of sp³-hybridized carbons (Fsp3) is 0.400. The van der Waals surface area contributed by atoms with E-state index in [4.69, 9.17) is 4.98 Å². The van der Waals surface area contributed by atoms with Gasteiger partial charge in [0.1, 0.15) is 11.1 Å². The van der Waals surface area contributed by atoms with Crippen molar-refractivity contribution in [3.05, 3.63) is 58.4 Å². The number of fused-ring (bicyclic) bond motifs is 4. The lowest BCUT2D eigenvalue weighted by Gasteiger charge is -2.19. The number of nitrogens with zero attached hydrogens (tertiary/aromatic N) is 3. The molecule has 0 amide bonds. The lowest BCUT2D eigenvalue weighted by molar-refractivity contribution is 0.0910. The molecule has 2 aliphatic carbocycles. The molecule has 5 heteroatoms. The van der Waals surface area contributed by atoms with E-state index in [0.29, 0.717) is 17.0 Å². The van der Waals surface area contributed by atoms with Gasteiger partial charge in [-0.25, -0.2) is 4.98 Å². The minimum Gasteiger partial charge on any atom is -0.283 e. The van der Waals surface area contributed by atoms with Crippen molar-refractivity contribution in [1.82, 2.24) is 9.55 Å². The highest BCUT2D eigenvalue weighted by molar-refractivity contribution is 8.00. The van der Waals surface area contributed by atoms with E-state index >= 15 is 0 Å². The molecule has 1 aromatic carbocycles. The number of nitriles is 1. The largest absolute Gasteiger partial charge is 0.283 e. The second-order valence-corrected chi connectivity index (χ2v) is 9.44. The summed E-state index contributed by atoms with van der Waals surface area (Å²) < 4.78 is 1.98. The molecule has 0 saturated carbocycles. The molecule has 0 spiro atoms. The van der Waals surface area contributed by atoms with Crippen molar-refractivity contribution in [2.75, 3.05) is 0 Å². The first-order valence-corrected chi connectivity index (χ1v) is 11.8. The second-order valence-electron chi connectivity index (χ2n) is 8.25. The van der Waals surface area contributed by atoms with Crippen LogP contribution < -0.4 is 0 Å². The van der Waals surface area contributed by atoms with Crippen LogP contribution in [0.5, 0.6) is 0 Å². The van der Waals surface area contributed by atoms with Crippen molar-refractivity contribution in [2.45, 2.75) is 68.6 Å². The molecule has 1 atom stereocenters. The molecular formula is C25H25N3OS. The summed E-state index contributed by atoms with van der Waals surface area (Å²) >= 11 is 1.47. The third-order valence-corrected chi connectivity index (χ3v) is 7.79. The quantitative estimate of drug-likeness (QED) is 0.529. The van der Waals surface area contributed by atoms with Crippen LogP contribution in [-0.4, -0.2) is 20.7 Å². The Balaban J connectivity index is 1.55. The number of hydrogen-bond donors (Lipinski definition) is 0. The Kier molecular flexibility index (Phi) is 5.12. The highest BCUT2D eigenvalue weighted by atomic mass is 32.2. The minimum absolute atomic E-state index is 0.119. The standard InChI is InChI=1S/C25H25N3OS/c1-2-23(30-24-17(15-26)14-16-8-7-11-20(16)27-24)25(29)28-21-12-5-3-9-18(21)19-10-4-6-13-22(19)28/h3,5,9,12,14,23H,2,4,6-8,10-11,13H2,1H3. The molecule has 0 aliphatic heterocycles. The topological polar surface area (TPSA) is 58.7 Å². The number of pyridine rings is 1. The molecule has 0 radical (unpaired) electrons. The maximum Gasteiger partial charge on any atom is 0.244 e. The van der Waals surface area contributed by atoms with Crippen molar-refractivity contribution >= 4 is 28.6 Å². The third-order valence-electron chi connectivity index (χ3n) is 6.44. The van der Waals surface area contributed by atoms with E-state index < -0.39 is 0 Å². The number of benzene rings is 1. The van der Waals surface area contributed by atoms with Crippen LogP contribution >= 0.6 is 11.8 Å². The highest BCUT2D eigenvalue weighted by Crippen LogP contribution is 2.36. The molecule has 30 heavy (non-hydrogen) atoms. The zero-order valence-corrected chi connectivity index (χ0v) is 18.1. The predicted molar refractivity (Wildman–Crippen MR) is 120 cm³/mol. The van der Waals surface area contributed by atoms with Gasteiger partial charge in [0, 0.05) is 16.8 Å². The van der Waals surface area contributed by atoms with Crippen LogP contribution in [-0.2, 0) is 25.7 Å². The van der Waals surface area contributed by atoms with E-state index in [1.807, 2.05) is 23.6 Å². The van der Waals surface area contributed by atoms with Crippen molar-refractivity contribution in [3.8, 4) is 6.07 Å². The Hall–Kier alpha value is -2.58. The molecular weight excluding hydrogens is 390 g/mol. The van der Waals surface area contributed by atoms with Gasteiger partial charge in [-0.3, -0.25) is 9.36 Å². The second kappa shape index (κ2) is 7.92. The number of carbonyl (C=O) groups is 1. The van der Waals surface area contributed by atoms with Gasteiger partial charge < -0.3 is 0 Å². The lowest BCUT2D eigenvalue weighted by Crippen LogP contribution is -2.26. The molecule has 1 unspecified atom stereocenters. The van der Waals surface area contributed by atoms with Crippen LogP contribution in [0.25, 0.3) is 10.9 Å². The van der Waals surface area contributed by atoms with Gasteiger partial charge >= 0.3 is 0 Å². The molecule has 4 nitrogen and oxygen atoms in total. The van der Waals surface area contributed by atoms with E-state index in [-0.39, 0.29) is 11.2 Å². The molecule has 2 heterocycles. The molecule has 3 aromatic rings. The molecule has 0 N–H and O–H groups in total. The predicted octanol–water partition coefficient (Wildman–Crippen LogP) is 5.49. The molecule has 0 bridgehead atoms. The number of aryl methyl sites for hydroxylation is 3. The van der Waals surface area contributed by atoms with E-state index in [9.17, 15) is 10.1 Å². The fourth-order valence-electron chi connectivity index (χ4n) is 4.96. The summed E-state index contributed by atoms with van der Waals surface area (Å²) in [4.78, 5) is 18.6. The Labute approximate surface area is 181 Å². The van der Waals surface area contributed by atoms with E-state index in [0.717, 1.165) is 49.7 Å². The maximum absolute atomic E-state index is 13.8. The summed E-state index contributed by atoms with van der Waals surface area (Å²) in [7, 11) is 0. The molecule has 0 saturated heterocycles. The summed E-state index contributed by atoms with van der Waals surface area (Å²) in [6, 6.07) is 12.6. The average Bonchev–Trinajstić information content (AvgIpc) is 3.38. The molecule has 2 aliphatic rings. The first-order chi connectivity index (χ1) is 14.7. The Morgan fingerprint density at radius 1 is 1.20 bits per heavy atom. The van der Waals surface area contributed by atoms with Gasteiger partial charge in [0.15, 0.2) is 0 Å². The molecule has 2 aromatic heterocycles. The van der Waals surface area contributed by atoms with Crippen molar-refractivity contribution in [1.29, 1.82) is 5.26 Å². The fourth-order valence-corrected chi connectivity index (χ4v) is 5.99. The van der Waals surface area contributed by atoms with Gasteiger partial charge in [0.05, 0.1) is 16.3 Å². The highest BCUT2D eigenvalue weighted by Gasteiger charge is 2.29. The van der Waals surface area contributed by atoms with Gasteiger partial charge in [-0.05, 0) is 74.6 Å². The average molecular weight is 416 g/mol. The Morgan fingerprint density at radius 3 is 2.87 bits per heavy atom. The smallest absolute Gasteiger partial charge is 0.244 e. The zero-order valence-electron chi connectivity index (χ0n) is 17.3. The van der Waals surface area contributed by atoms with Crippen molar-refractivity contribution in [2.24, 2.45) is 0 Å². The third kappa shape index (κ3) is 3.15. The molecule has 0 fully saturated rings. The van der Waals surface area contributed by atoms with Gasteiger partial charge in [-0.2, -0.15) is 5.26 Å². The monoisotopic (exact) mass is 415 g/mol. The first kappa shape index (κ1) is 19.4. The van der Waals surface area contributed by atoms with Gasteiger partial charge in [0.25, 0.3) is 0 Å². The Bertz CT molecular complexity index is 1190. The van der Waals surface area contributed by atoms with E-state index in [1.165, 1.54) is 40.4 Å². The van der Waals surface area contributed by atoms with Crippen LogP contribution in [0.3, 0.4) is 0 Å². The van der Waals surface area contributed by atoms with Gasteiger partial charge in [-0.15, -0.1) is 0 Å². The maximum atomic E-state index is 13.8. The Morgan fingerprint density at radius 2 is 2.03 bits per heavy atom. The van der Waals surface area contributed by atoms with Crippen molar-refractivity contribution in [3.63, 3.8) is 0 Å². The molecule has 5 rings (SSSR count). The summed E-state index contributed by atoms with van der Waals surface area (Å²) in [5, 5.41) is 11.3. The summed E-state index contributed by atoms with van der Waals surface area (Å²) in [6.45, 7) is 2.05. The van der Waals surface area contributed by atoms with Crippen molar-refractivity contribution < 1.29 is 4.79 Å². The van der Waals surface area contributed by atoms with Gasteiger partial charge in [-0.1, -0.05) is 36.9 Å². The van der Waals surface area contributed by atoms with Gasteiger partial charge in [0.2, 0.25) is 5.91 Å². The van der Waals surface area contributed by atoms with Crippen LogP contribution in [0.4, 0.5) is 0 Å². The number of aromatic nitrogens is 2. The van der Waals surface area contributed by atoms with Crippen LogP contribution in [0.2, 0.25) is 0 Å². The SMILES string of the molecule is CCC(Sc1nc2c(cc1C#N)CCC2)C(=O)n1c2c(c3ccccc31)CCCC2. The zero-order chi connectivity index (χ0) is 20.7. The van der Waals surface area contributed by atoms with Crippen LogP contribution in [0.1, 0.15) is 65.5 Å². The number of para-hydroxylation sites is 1.